The highest BCUT2D eigenvalue weighted by Crippen LogP contribution is 2.24. The van der Waals surface area contributed by atoms with Gasteiger partial charge >= 0.3 is 0 Å². The summed E-state index contributed by atoms with van der Waals surface area (Å²) in [6.45, 7) is 3.78. The van der Waals surface area contributed by atoms with Gasteiger partial charge in [-0.3, -0.25) is 14.2 Å². The van der Waals surface area contributed by atoms with E-state index in [9.17, 15) is 9.59 Å². The fourth-order valence-corrected chi connectivity index (χ4v) is 4.74. The van der Waals surface area contributed by atoms with Crippen LogP contribution in [0.2, 0.25) is 0 Å². The Kier molecular flexibility index (Phi) is 6.08. The van der Waals surface area contributed by atoms with Gasteiger partial charge < -0.3 is 9.64 Å². The number of benzene rings is 2. The Hall–Kier alpha value is -2.80. The molecule has 1 aromatic heterocycles. The van der Waals surface area contributed by atoms with Crippen molar-refractivity contribution in [2.75, 3.05) is 26.0 Å². The van der Waals surface area contributed by atoms with Gasteiger partial charge in [0.2, 0.25) is 5.91 Å². The molecule has 4 rings (SSSR count). The predicted molar refractivity (Wildman–Crippen MR) is 120 cm³/mol. The molecule has 1 unspecified atom stereocenters. The molecular weight excluding hydrogens is 398 g/mol. The smallest absolute Gasteiger partial charge is 0.266 e. The lowest BCUT2D eigenvalue weighted by atomic mass is 10.0. The van der Waals surface area contributed by atoms with Crippen LogP contribution in [0.5, 0.6) is 5.75 Å². The summed E-state index contributed by atoms with van der Waals surface area (Å²) in [5.41, 5.74) is 1.14. The second-order valence-corrected chi connectivity index (χ2v) is 8.57. The molecule has 156 valence electrons. The maximum absolute atomic E-state index is 13.3. The summed E-state index contributed by atoms with van der Waals surface area (Å²) in [7, 11) is 1.59. The summed E-state index contributed by atoms with van der Waals surface area (Å²) < 4.78 is 6.90. The zero-order valence-corrected chi connectivity index (χ0v) is 18.0. The Labute approximate surface area is 179 Å². The van der Waals surface area contributed by atoms with Crippen LogP contribution >= 0.6 is 11.8 Å². The number of nitrogens with zero attached hydrogens (tertiary/aromatic N) is 3. The second kappa shape index (κ2) is 8.92. The van der Waals surface area contributed by atoms with Crippen molar-refractivity contribution < 1.29 is 9.53 Å². The number of amides is 1. The highest BCUT2D eigenvalue weighted by atomic mass is 32.2. The molecular formula is C23H25N3O3S. The van der Waals surface area contributed by atoms with Gasteiger partial charge in [0.15, 0.2) is 5.16 Å². The van der Waals surface area contributed by atoms with E-state index in [0.717, 1.165) is 19.5 Å². The number of hydrogen-bond acceptors (Lipinski definition) is 5. The minimum Gasteiger partial charge on any atom is -0.497 e. The first-order valence-electron chi connectivity index (χ1n) is 10.1. The van der Waals surface area contributed by atoms with Crippen molar-refractivity contribution in [2.45, 2.75) is 24.9 Å². The standard InChI is InChI=1S/C23H25N3O3S/c1-16-7-6-12-25(14-16)21(27)15-30-23-24-20-11-4-3-10-19(20)22(28)26(23)17-8-5-9-18(13-17)29-2/h3-5,8-11,13,16H,6-7,12,14-15H2,1-2H3. The van der Waals surface area contributed by atoms with Crippen LogP contribution in [0, 0.1) is 5.92 Å². The average molecular weight is 424 g/mol. The van der Waals surface area contributed by atoms with E-state index in [0.29, 0.717) is 33.4 Å². The minimum absolute atomic E-state index is 0.0890. The number of aromatic nitrogens is 2. The fourth-order valence-electron chi connectivity index (χ4n) is 3.82. The number of thioether (sulfide) groups is 1. The molecule has 1 aliphatic heterocycles. The zero-order chi connectivity index (χ0) is 21.1. The van der Waals surface area contributed by atoms with Crippen LogP contribution in [0.15, 0.2) is 58.5 Å². The molecule has 0 bridgehead atoms. The molecule has 0 radical (unpaired) electrons. The number of para-hydroxylation sites is 1. The van der Waals surface area contributed by atoms with Crippen molar-refractivity contribution in [1.29, 1.82) is 0 Å². The molecule has 2 heterocycles. The van der Waals surface area contributed by atoms with Gasteiger partial charge in [0.1, 0.15) is 5.75 Å². The van der Waals surface area contributed by atoms with Crippen molar-refractivity contribution in [2.24, 2.45) is 5.92 Å². The highest BCUT2D eigenvalue weighted by Gasteiger charge is 2.22. The van der Waals surface area contributed by atoms with E-state index in [4.69, 9.17) is 9.72 Å². The van der Waals surface area contributed by atoms with Gasteiger partial charge in [0, 0.05) is 19.2 Å². The van der Waals surface area contributed by atoms with E-state index < -0.39 is 0 Å². The van der Waals surface area contributed by atoms with E-state index in [1.807, 2.05) is 41.3 Å². The van der Waals surface area contributed by atoms with E-state index >= 15 is 0 Å². The van der Waals surface area contributed by atoms with Crippen molar-refractivity contribution in [3.63, 3.8) is 0 Å². The number of ether oxygens (including phenoxy) is 1. The molecule has 7 heteroatoms. The molecule has 0 spiro atoms. The van der Waals surface area contributed by atoms with Crippen LogP contribution in [0.3, 0.4) is 0 Å². The number of carbonyl (C=O) groups is 1. The number of likely N-dealkylation sites (tertiary alicyclic amines) is 1. The number of carbonyl (C=O) groups excluding carboxylic acids is 1. The van der Waals surface area contributed by atoms with Crippen molar-refractivity contribution >= 4 is 28.6 Å². The molecule has 1 saturated heterocycles. The van der Waals surface area contributed by atoms with Crippen molar-refractivity contribution in [3.05, 3.63) is 58.9 Å². The molecule has 1 aliphatic rings. The number of fused-ring (bicyclic) bond motifs is 1. The molecule has 3 aromatic rings. The summed E-state index contributed by atoms with van der Waals surface area (Å²) in [6.07, 6.45) is 2.21. The van der Waals surface area contributed by atoms with Gasteiger partial charge in [0.25, 0.3) is 5.56 Å². The quantitative estimate of drug-likeness (QED) is 0.462. The molecule has 6 nitrogen and oxygen atoms in total. The average Bonchev–Trinajstić information content (AvgIpc) is 2.77. The number of piperidine rings is 1. The molecule has 1 fully saturated rings. The molecule has 1 atom stereocenters. The van der Waals surface area contributed by atoms with E-state index in [1.165, 1.54) is 18.2 Å². The molecule has 2 aromatic carbocycles. The van der Waals surface area contributed by atoms with Gasteiger partial charge in [0.05, 0.1) is 29.5 Å². The van der Waals surface area contributed by atoms with Crippen molar-refractivity contribution in [1.82, 2.24) is 14.5 Å². The van der Waals surface area contributed by atoms with Crippen molar-refractivity contribution in [3.8, 4) is 11.4 Å². The summed E-state index contributed by atoms with van der Waals surface area (Å²) in [5.74, 6) is 1.52. The molecule has 0 saturated carbocycles. The summed E-state index contributed by atoms with van der Waals surface area (Å²) >= 11 is 1.31. The zero-order valence-electron chi connectivity index (χ0n) is 17.2. The third-order valence-corrected chi connectivity index (χ3v) is 6.31. The van der Waals surface area contributed by atoms with Gasteiger partial charge in [-0.2, -0.15) is 0 Å². The van der Waals surface area contributed by atoms with Crippen LogP contribution < -0.4 is 10.3 Å². The lowest BCUT2D eigenvalue weighted by molar-refractivity contribution is -0.130. The highest BCUT2D eigenvalue weighted by molar-refractivity contribution is 7.99. The Morgan fingerprint density at radius 2 is 2.07 bits per heavy atom. The third kappa shape index (κ3) is 4.21. The molecule has 0 aliphatic carbocycles. The Morgan fingerprint density at radius 3 is 2.87 bits per heavy atom. The fraction of sp³-hybridized carbons (Fsp3) is 0.348. The summed E-state index contributed by atoms with van der Waals surface area (Å²) in [4.78, 5) is 32.7. The first-order valence-corrected chi connectivity index (χ1v) is 11.1. The Balaban J connectivity index is 1.70. The monoisotopic (exact) mass is 423 g/mol. The lowest BCUT2D eigenvalue weighted by Crippen LogP contribution is -2.40. The van der Waals surface area contributed by atoms with Crippen LogP contribution in [0.4, 0.5) is 0 Å². The van der Waals surface area contributed by atoms with Gasteiger partial charge in [-0.05, 0) is 43.0 Å². The summed E-state index contributed by atoms with van der Waals surface area (Å²) in [6, 6.07) is 14.6. The number of rotatable bonds is 5. The van der Waals surface area contributed by atoms with Crippen LogP contribution in [-0.2, 0) is 4.79 Å². The normalized spacial score (nSPS) is 16.6. The maximum Gasteiger partial charge on any atom is 0.266 e. The van der Waals surface area contributed by atoms with Gasteiger partial charge in [-0.1, -0.05) is 36.9 Å². The van der Waals surface area contributed by atoms with Crippen LogP contribution in [-0.4, -0.2) is 46.3 Å². The van der Waals surface area contributed by atoms with Crippen LogP contribution in [0.25, 0.3) is 16.6 Å². The number of methoxy groups -OCH3 is 1. The number of hydrogen-bond donors (Lipinski definition) is 0. The summed E-state index contributed by atoms with van der Waals surface area (Å²) in [5, 5.41) is 1.05. The first kappa shape index (κ1) is 20.5. The van der Waals surface area contributed by atoms with Crippen LogP contribution in [0.1, 0.15) is 19.8 Å². The SMILES string of the molecule is COc1cccc(-n2c(SCC(=O)N3CCCC(C)C3)nc3ccccc3c2=O)c1. The predicted octanol–water partition coefficient (Wildman–Crippen LogP) is 3.74. The Morgan fingerprint density at radius 1 is 1.23 bits per heavy atom. The van der Waals surface area contributed by atoms with E-state index in [1.54, 1.807) is 23.8 Å². The van der Waals surface area contributed by atoms with Gasteiger partial charge in [-0.15, -0.1) is 0 Å². The van der Waals surface area contributed by atoms with Gasteiger partial charge in [-0.25, -0.2) is 4.98 Å². The Bertz CT molecular complexity index is 1130. The van der Waals surface area contributed by atoms with E-state index in [2.05, 4.69) is 6.92 Å². The molecule has 1 amide bonds. The first-order chi connectivity index (χ1) is 14.6. The second-order valence-electron chi connectivity index (χ2n) is 7.63. The molecule has 30 heavy (non-hydrogen) atoms. The minimum atomic E-state index is -0.157. The lowest BCUT2D eigenvalue weighted by Gasteiger charge is -2.30. The largest absolute Gasteiger partial charge is 0.497 e. The maximum atomic E-state index is 13.3. The van der Waals surface area contributed by atoms with E-state index in [-0.39, 0.29) is 17.2 Å². The third-order valence-electron chi connectivity index (χ3n) is 5.39. The topological polar surface area (TPSA) is 64.4 Å². The molecule has 0 N–H and O–H groups in total.